The fraction of sp³-hybridized carbons (Fsp3) is 0.400. The van der Waals surface area contributed by atoms with Crippen LogP contribution >= 0.6 is 0 Å². The molecule has 2 rings (SSSR count). The van der Waals surface area contributed by atoms with Crippen LogP contribution in [0.1, 0.15) is 60.1 Å². The van der Waals surface area contributed by atoms with Crippen LogP contribution in [0.2, 0.25) is 0 Å². The molecule has 2 aromatic carbocycles. The Morgan fingerprint density at radius 3 is 2.00 bits per heavy atom. The van der Waals surface area contributed by atoms with Crippen molar-refractivity contribution in [3.63, 3.8) is 0 Å². The highest BCUT2D eigenvalue weighted by Crippen LogP contribution is 2.29. The molecule has 0 amide bonds. The smallest absolute Gasteiger partial charge is 0.00638 e. The first-order chi connectivity index (χ1) is 9.50. The van der Waals surface area contributed by atoms with Crippen molar-refractivity contribution in [2.24, 2.45) is 0 Å². The van der Waals surface area contributed by atoms with Gasteiger partial charge >= 0.3 is 0 Å². The van der Waals surface area contributed by atoms with Gasteiger partial charge in [0.2, 0.25) is 0 Å². The quantitative estimate of drug-likeness (QED) is 0.617. The Bertz CT molecular complexity index is 564. The Kier molecular flexibility index (Phi) is 6.01. The fourth-order valence-electron chi connectivity index (χ4n) is 2.46. The minimum atomic E-state index is 0.462. The highest BCUT2D eigenvalue weighted by Gasteiger charge is 2.12. The van der Waals surface area contributed by atoms with Crippen LogP contribution in [0.4, 0.5) is 0 Å². The van der Waals surface area contributed by atoms with Crippen molar-refractivity contribution in [3.05, 3.63) is 69.8 Å². The number of rotatable bonds is 2. The summed E-state index contributed by atoms with van der Waals surface area (Å²) in [6.45, 7) is 15.1. The van der Waals surface area contributed by atoms with Gasteiger partial charge in [0.25, 0.3) is 0 Å². The Labute approximate surface area is 124 Å². The molecular formula is C20H28. The van der Waals surface area contributed by atoms with E-state index in [1.54, 1.807) is 0 Å². The van der Waals surface area contributed by atoms with Gasteiger partial charge in [-0.15, -0.1) is 0 Å². The van der Waals surface area contributed by atoms with E-state index in [1.807, 2.05) is 13.8 Å². The highest BCUT2D eigenvalue weighted by atomic mass is 14.2. The van der Waals surface area contributed by atoms with Gasteiger partial charge in [-0.25, -0.2) is 0 Å². The number of hydrogen-bond donors (Lipinski definition) is 0. The molecule has 0 heterocycles. The van der Waals surface area contributed by atoms with Crippen LogP contribution < -0.4 is 0 Å². The maximum Gasteiger partial charge on any atom is 0.00638 e. The van der Waals surface area contributed by atoms with Crippen molar-refractivity contribution in [2.45, 2.75) is 54.4 Å². The summed E-state index contributed by atoms with van der Waals surface area (Å²) in [5.74, 6) is 0.462. The molecule has 0 aliphatic heterocycles. The van der Waals surface area contributed by atoms with E-state index in [9.17, 15) is 0 Å². The zero-order chi connectivity index (χ0) is 15.3. The highest BCUT2D eigenvalue weighted by molar-refractivity contribution is 5.42. The molecule has 0 saturated heterocycles. The summed E-state index contributed by atoms with van der Waals surface area (Å²) in [6.07, 6.45) is 0. The normalized spacial score (nSPS) is 11.6. The van der Waals surface area contributed by atoms with Crippen LogP contribution in [-0.4, -0.2) is 0 Å². The average Bonchev–Trinajstić information content (AvgIpc) is 2.46. The van der Waals surface area contributed by atoms with Crippen LogP contribution in [0, 0.1) is 27.7 Å². The van der Waals surface area contributed by atoms with Crippen molar-refractivity contribution in [1.29, 1.82) is 0 Å². The van der Waals surface area contributed by atoms with Gasteiger partial charge in [0.05, 0.1) is 0 Å². The molecule has 0 nitrogen and oxygen atoms in total. The third-order valence-electron chi connectivity index (χ3n) is 4.14. The van der Waals surface area contributed by atoms with E-state index in [2.05, 4.69) is 71.0 Å². The molecule has 108 valence electrons. The molecule has 20 heavy (non-hydrogen) atoms. The van der Waals surface area contributed by atoms with Crippen molar-refractivity contribution in [2.75, 3.05) is 0 Å². The van der Waals surface area contributed by atoms with E-state index in [0.29, 0.717) is 5.92 Å². The summed E-state index contributed by atoms with van der Waals surface area (Å²) >= 11 is 0. The van der Waals surface area contributed by atoms with Gasteiger partial charge in [0, 0.05) is 5.92 Å². The van der Waals surface area contributed by atoms with Crippen molar-refractivity contribution in [3.8, 4) is 0 Å². The zero-order valence-electron chi connectivity index (χ0n) is 14.0. The average molecular weight is 268 g/mol. The van der Waals surface area contributed by atoms with Crippen LogP contribution in [-0.2, 0) is 0 Å². The monoisotopic (exact) mass is 268 g/mol. The third kappa shape index (κ3) is 3.50. The lowest BCUT2D eigenvalue weighted by molar-refractivity contribution is 0.903. The van der Waals surface area contributed by atoms with Crippen molar-refractivity contribution < 1.29 is 0 Å². The maximum atomic E-state index is 2.32. The molecule has 0 N–H and O–H groups in total. The Morgan fingerprint density at radius 1 is 0.750 bits per heavy atom. The summed E-state index contributed by atoms with van der Waals surface area (Å²) < 4.78 is 0. The molecule has 1 atom stereocenters. The molecule has 0 aliphatic rings. The second-order valence-electron chi connectivity index (χ2n) is 5.35. The minimum absolute atomic E-state index is 0.462. The molecule has 0 aromatic heterocycles. The van der Waals surface area contributed by atoms with Gasteiger partial charge in [0.1, 0.15) is 0 Å². The van der Waals surface area contributed by atoms with Gasteiger partial charge in [-0.05, 0) is 61.1 Å². The lowest BCUT2D eigenvalue weighted by Gasteiger charge is -2.17. The fourth-order valence-corrected chi connectivity index (χ4v) is 2.46. The molecular weight excluding hydrogens is 240 g/mol. The van der Waals surface area contributed by atoms with E-state index >= 15 is 0 Å². The summed E-state index contributed by atoms with van der Waals surface area (Å²) in [6, 6.07) is 13.4. The molecule has 2 aromatic rings. The SMILES string of the molecule is CC.Cc1ccc(C(C)c2cccc(C)c2C)cc1C. The molecule has 1 unspecified atom stereocenters. The van der Waals surface area contributed by atoms with E-state index in [1.165, 1.54) is 33.4 Å². The molecule has 0 saturated carbocycles. The summed E-state index contributed by atoms with van der Waals surface area (Å²) in [7, 11) is 0. The van der Waals surface area contributed by atoms with Gasteiger partial charge in [-0.1, -0.05) is 57.2 Å². The first-order valence-electron chi connectivity index (χ1n) is 7.64. The van der Waals surface area contributed by atoms with Gasteiger partial charge < -0.3 is 0 Å². The van der Waals surface area contributed by atoms with Crippen LogP contribution in [0.3, 0.4) is 0 Å². The second-order valence-corrected chi connectivity index (χ2v) is 5.35. The van der Waals surface area contributed by atoms with Crippen molar-refractivity contribution >= 4 is 0 Å². The van der Waals surface area contributed by atoms with Crippen LogP contribution in [0.25, 0.3) is 0 Å². The van der Waals surface area contributed by atoms with Gasteiger partial charge in [0.15, 0.2) is 0 Å². The topological polar surface area (TPSA) is 0 Å². The first-order valence-corrected chi connectivity index (χ1v) is 7.64. The van der Waals surface area contributed by atoms with Crippen molar-refractivity contribution in [1.82, 2.24) is 0 Å². The molecule has 0 spiro atoms. The van der Waals surface area contributed by atoms with E-state index < -0.39 is 0 Å². The standard InChI is InChI=1S/C18H22.C2H6/c1-12-9-10-17(11-14(12)3)16(5)18-8-6-7-13(2)15(18)4;1-2/h6-11,16H,1-5H3;1-2H3. The number of benzene rings is 2. The predicted molar refractivity (Wildman–Crippen MR) is 90.7 cm³/mol. The summed E-state index contributed by atoms with van der Waals surface area (Å²) in [5, 5.41) is 0. The zero-order valence-corrected chi connectivity index (χ0v) is 14.0. The molecule has 0 heteroatoms. The largest absolute Gasteiger partial charge is 0.0683 e. The first kappa shape index (κ1) is 16.5. The van der Waals surface area contributed by atoms with Crippen LogP contribution in [0.5, 0.6) is 0 Å². The van der Waals surface area contributed by atoms with E-state index in [0.717, 1.165) is 0 Å². The Balaban J connectivity index is 0.000000956. The van der Waals surface area contributed by atoms with E-state index in [4.69, 9.17) is 0 Å². The lowest BCUT2D eigenvalue weighted by Crippen LogP contribution is -2.01. The van der Waals surface area contributed by atoms with Gasteiger partial charge in [-0.3, -0.25) is 0 Å². The molecule has 0 fully saturated rings. The number of hydrogen-bond acceptors (Lipinski definition) is 0. The predicted octanol–water partition coefficient (Wildman–Crippen LogP) is 6.10. The third-order valence-corrected chi connectivity index (χ3v) is 4.14. The molecule has 0 bridgehead atoms. The lowest BCUT2D eigenvalue weighted by atomic mass is 9.87. The second kappa shape index (κ2) is 7.28. The molecule has 0 radical (unpaired) electrons. The maximum absolute atomic E-state index is 2.32. The Morgan fingerprint density at radius 2 is 1.40 bits per heavy atom. The van der Waals surface area contributed by atoms with E-state index in [-0.39, 0.29) is 0 Å². The summed E-state index contributed by atoms with van der Waals surface area (Å²) in [4.78, 5) is 0. The van der Waals surface area contributed by atoms with Gasteiger partial charge in [-0.2, -0.15) is 0 Å². The summed E-state index contributed by atoms with van der Waals surface area (Å²) in [5.41, 5.74) is 8.40. The number of aryl methyl sites for hydroxylation is 3. The van der Waals surface area contributed by atoms with Crippen LogP contribution in [0.15, 0.2) is 36.4 Å². The Hall–Kier alpha value is -1.56. The molecule has 0 aliphatic carbocycles. The minimum Gasteiger partial charge on any atom is -0.0683 e.